The van der Waals surface area contributed by atoms with E-state index < -0.39 is 11.6 Å². The fourth-order valence-corrected chi connectivity index (χ4v) is 2.43. The van der Waals surface area contributed by atoms with Crippen LogP contribution >= 0.6 is 0 Å². The summed E-state index contributed by atoms with van der Waals surface area (Å²) >= 11 is 0. The molecule has 0 aliphatic heterocycles. The van der Waals surface area contributed by atoms with Crippen molar-refractivity contribution in [2.24, 2.45) is 10.9 Å². The van der Waals surface area contributed by atoms with Gasteiger partial charge < -0.3 is 15.4 Å². The summed E-state index contributed by atoms with van der Waals surface area (Å²) in [6.45, 7) is 8.18. The summed E-state index contributed by atoms with van der Waals surface area (Å²) in [6, 6.07) is 3.50. The quantitative estimate of drug-likeness (QED) is 0.536. The average Bonchev–Trinajstić information content (AvgIpc) is 2.55. The normalized spacial score (nSPS) is 13.2. The fraction of sp³-hybridized carbons (Fsp3) is 0.611. The molecule has 6 heteroatoms. The molecular formula is C18H29F2N3O. The van der Waals surface area contributed by atoms with Gasteiger partial charge in [0.05, 0.1) is 6.10 Å². The predicted molar refractivity (Wildman–Crippen MR) is 94.3 cm³/mol. The van der Waals surface area contributed by atoms with Crippen LogP contribution in [-0.2, 0) is 11.2 Å². The molecule has 0 radical (unpaired) electrons. The number of hydrogen-bond donors (Lipinski definition) is 2. The highest BCUT2D eigenvalue weighted by molar-refractivity contribution is 5.79. The van der Waals surface area contributed by atoms with Gasteiger partial charge in [-0.25, -0.2) is 8.78 Å². The molecule has 0 aromatic heterocycles. The van der Waals surface area contributed by atoms with Gasteiger partial charge in [-0.2, -0.15) is 0 Å². The molecule has 1 unspecified atom stereocenters. The smallest absolute Gasteiger partial charge is 0.190 e. The van der Waals surface area contributed by atoms with E-state index in [9.17, 15) is 8.78 Å². The molecular weight excluding hydrogens is 312 g/mol. The summed E-state index contributed by atoms with van der Waals surface area (Å²) in [6.07, 6.45) is 1.48. The number of hydrogen-bond acceptors (Lipinski definition) is 2. The second kappa shape index (κ2) is 11.0. The van der Waals surface area contributed by atoms with Gasteiger partial charge in [-0.05, 0) is 49.4 Å². The van der Waals surface area contributed by atoms with Crippen molar-refractivity contribution in [2.75, 3.05) is 26.7 Å². The lowest BCUT2D eigenvalue weighted by Gasteiger charge is -2.21. The van der Waals surface area contributed by atoms with E-state index in [0.717, 1.165) is 25.1 Å². The third kappa shape index (κ3) is 7.25. The van der Waals surface area contributed by atoms with Crippen LogP contribution in [-0.4, -0.2) is 38.8 Å². The van der Waals surface area contributed by atoms with Gasteiger partial charge in [-0.15, -0.1) is 0 Å². The van der Waals surface area contributed by atoms with E-state index in [1.54, 1.807) is 7.05 Å². The molecule has 24 heavy (non-hydrogen) atoms. The van der Waals surface area contributed by atoms with Crippen LogP contribution in [0.25, 0.3) is 0 Å². The first-order valence-corrected chi connectivity index (χ1v) is 8.48. The Bertz CT molecular complexity index is 521. The van der Waals surface area contributed by atoms with Gasteiger partial charge in [0.1, 0.15) is 11.6 Å². The molecule has 0 aliphatic rings. The third-order valence-corrected chi connectivity index (χ3v) is 3.76. The number of aliphatic imine (C=N–C) groups is 1. The molecule has 0 aliphatic carbocycles. The van der Waals surface area contributed by atoms with E-state index in [0.29, 0.717) is 37.0 Å². The molecule has 4 nitrogen and oxygen atoms in total. The molecule has 0 saturated carbocycles. The van der Waals surface area contributed by atoms with Gasteiger partial charge in [-0.1, -0.05) is 13.8 Å². The highest BCUT2D eigenvalue weighted by atomic mass is 19.1. The van der Waals surface area contributed by atoms with E-state index >= 15 is 0 Å². The molecule has 0 amide bonds. The molecule has 136 valence electrons. The van der Waals surface area contributed by atoms with Gasteiger partial charge in [0, 0.05) is 26.7 Å². The van der Waals surface area contributed by atoms with Crippen LogP contribution in [0.2, 0.25) is 0 Å². The Morgan fingerprint density at radius 2 is 1.92 bits per heavy atom. The van der Waals surface area contributed by atoms with Crippen LogP contribution in [0, 0.1) is 17.6 Å². The molecule has 0 fully saturated rings. The maximum atomic E-state index is 13.6. The second-order valence-electron chi connectivity index (χ2n) is 5.94. The van der Waals surface area contributed by atoms with Gasteiger partial charge in [0.2, 0.25) is 0 Å². The summed E-state index contributed by atoms with van der Waals surface area (Å²) in [7, 11) is 1.68. The predicted octanol–water partition coefficient (Wildman–Crippen LogP) is 3.12. The molecule has 0 heterocycles. The van der Waals surface area contributed by atoms with Crippen molar-refractivity contribution >= 4 is 5.96 Å². The summed E-state index contributed by atoms with van der Waals surface area (Å²) < 4.78 is 32.4. The van der Waals surface area contributed by atoms with Crippen LogP contribution in [0.4, 0.5) is 8.78 Å². The number of halogens is 2. The lowest BCUT2D eigenvalue weighted by Crippen LogP contribution is -2.40. The van der Waals surface area contributed by atoms with Gasteiger partial charge in [0.15, 0.2) is 5.96 Å². The molecule has 0 saturated heterocycles. The maximum absolute atomic E-state index is 13.6. The molecule has 1 rings (SSSR count). The van der Waals surface area contributed by atoms with Gasteiger partial charge in [0.25, 0.3) is 0 Å². The highest BCUT2D eigenvalue weighted by Crippen LogP contribution is 2.10. The first-order valence-electron chi connectivity index (χ1n) is 8.48. The van der Waals surface area contributed by atoms with E-state index in [1.165, 1.54) is 6.07 Å². The number of nitrogens with one attached hydrogen (secondary N) is 2. The first-order chi connectivity index (χ1) is 11.5. The zero-order valence-corrected chi connectivity index (χ0v) is 15.0. The Kier molecular flexibility index (Phi) is 9.30. The fourth-order valence-electron chi connectivity index (χ4n) is 2.43. The van der Waals surface area contributed by atoms with E-state index in [1.807, 2.05) is 6.92 Å². The molecule has 0 bridgehead atoms. The topological polar surface area (TPSA) is 45.6 Å². The van der Waals surface area contributed by atoms with Crippen LogP contribution in [0.3, 0.4) is 0 Å². The molecule has 1 aromatic rings. The Balaban J connectivity index is 2.36. The van der Waals surface area contributed by atoms with Crippen LogP contribution < -0.4 is 10.6 Å². The van der Waals surface area contributed by atoms with E-state index in [-0.39, 0.29) is 6.10 Å². The molecule has 1 aromatic carbocycles. The first kappa shape index (κ1) is 20.4. The number of nitrogens with zero attached hydrogens (tertiary/aromatic N) is 1. The minimum atomic E-state index is -0.426. The number of rotatable bonds is 9. The summed E-state index contributed by atoms with van der Waals surface area (Å²) in [5.74, 6) is 0.283. The van der Waals surface area contributed by atoms with Crippen LogP contribution in [0.1, 0.15) is 32.8 Å². The van der Waals surface area contributed by atoms with E-state index in [4.69, 9.17) is 4.74 Å². The number of ether oxygens (including phenoxy) is 1. The zero-order valence-electron chi connectivity index (χ0n) is 15.0. The van der Waals surface area contributed by atoms with Crippen molar-refractivity contribution in [1.29, 1.82) is 0 Å². The summed E-state index contributed by atoms with van der Waals surface area (Å²) in [5.41, 5.74) is 0.356. The van der Waals surface area contributed by atoms with Crippen molar-refractivity contribution in [3.8, 4) is 0 Å². The number of guanidine groups is 1. The minimum Gasteiger partial charge on any atom is -0.378 e. The van der Waals surface area contributed by atoms with Crippen molar-refractivity contribution < 1.29 is 13.5 Å². The molecule has 0 spiro atoms. The Morgan fingerprint density at radius 3 is 2.54 bits per heavy atom. The second-order valence-corrected chi connectivity index (χ2v) is 5.94. The van der Waals surface area contributed by atoms with Gasteiger partial charge >= 0.3 is 0 Å². The van der Waals surface area contributed by atoms with Gasteiger partial charge in [-0.3, -0.25) is 4.99 Å². The summed E-state index contributed by atoms with van der Waals surface area (Å²) in [4.78, 5) is 4.13. The van der Waals surface area contributed by atoms with E-state index in [2.05, 4.69) is 29.5 Å². The SMILES string of the molecule is CCOC(CCNC(=NC)NCCc1cc(F)ccc1F)C(C)C. The van der Waals surface area contributed by atoms with Crippen molar-refractivity contribution in [1.82, 2.24) is 10.6 Å². The van der Waals surface area contributed by atoms with Crippen molar-refractivity contribution in [3.63, 3.8) is 0 Å². The average molecular weight is 341 g/mol. The van der Waals surface area contributed by atoms with Crippen LogP contribution in [0.15, 0.2) is 23.2 Å². The monoisotopic (exact) mass is 341 g/mol. The highest BCUT2D eigenvalue weighted by Gasteiger charge is 2.13. The summed E-state index contributed by atoms with van der Waals surface area (Å²) in [5, 5.41) is 6.33. The Hall–Kier alpha value is -1.69. The minimum absolute atomic E-state index is 0.210. The molecule has 1 atom stereocenters. The Labute approximate surface area is 143 Å². The van der Waals surface area contributed by atoms with Crippen LogP contribution in [0.5, 0.6) is 0 Å². The standard InChI is InChI=1S/C18H29F2N3O/c1-5-24-17(13(2)3)9-11-23-18(21-4)22-10-8-14-12-15(19)6-7-16(14)20/h6-7,12-13,17H,5,8-11H2,1-4H3,(H2,21,22,23). The maximum Gasteiger partial charge on any atom is 0.190 e. The van der Waals surface area contributed by atoms with Crippen molar-refractivity contribution in [3.05, 3.63) is 35.4 Å². The Morgan fingerprint density at radius 1 is 1.21 bits per heavy atom. The molecule has 2 N–H and O–H groups in total. The third-order valence-electron chi connectivity index (χ3n) is 3.76. The lowest BCUT2D eigenvalue weighted by atomic mass is 10.0. The largest absolute Gasteiger partial charge is 0.378 e. The zero-order chi connectivity index (χ0) is 17.9. The lowest BCUT2D eigenvalue weighted by molar-refractivity contribution is 0.0258. The van der Waals surface area contributed by atoms with Crippen molar-refractivity contribution in [2.45, 2.75) is 39.7 Å². The number of benzene rings is 1.